The van der Waals surface area contributed by atoms with E-state index in [0.717, 1.165) is 57.3 Å². The van der Waals surface area contributed by atoms with Crippen molar-refractivity contribution in [3.63, 3.8) is 0 Å². The van der Waals surface area contributed by atoms with Gasteiger partial charge in [-0.1, -0.05) is 0 Å². The topological polar surface area (TPSA) is 61.8 Å². The Morgan fingerprint density at radius 1 is 1.36 bits per heavy atom. The number of nitrogens with one attached hydrogen (secondary N) is 2. The molecule has 22 heavy (non-hydrogen) atoms. The summed E-state index contributed by atoms with van der Waals surface area (Å²) in [5.41, 5.74) is 1.16. The average Bonchev–Trinajstić information content (AvgIpc) is 3.20. The van der Waals surface area contributed by atoms with Crippen molar-refractivity contribution in [1.82, 2.24) is 15.6 Å². The first-order valence-corrected chi connectivity index (χ1v) is 8.84. The van der Waals surface area contributed by atoms with Crippen molar-refractivity contribution < 1.29 is 4.74 Å². The van der Waals surface area contributed by atoms with Crippen LogP contribution in [-0.2, 0) is 11.2 Å². The molecule has 0 aromatic carbocycles. The second-order valence-corrected chi connectivity index (χ2v) is 6.17. The quantitative estimate of drug-likeness (QED) is 0.431. The normalized spacial score (nSPS) is 15.4. The molecule has 0 atom stereocenters. The summed E-state index contributed by atoms with van der Waals surface area (Å²) in [5.74, 6) is 0.839. The van der Waals surface area contributed by atoms with Crippen molar-refractivity contribution in [2.75, 3.05) is 51.8 Å². The third-order valence-electron chi connectivity index (χ3n) is 3.63. The number of thiazole rings is 1. The van der Waals surface area contributed by atoms with Gasteiger partial charge in [-0.25, -0.2) is 4.98 Å². The van der Waals surface area contributed by atoms with E-state index in [1.165, 1.54) is 18.0 Å². The standard InChI is InChI=1S/C15H27N5OS/c1-16-14(17-7-5-11-21-2)18-8-6-13-12-22-15(19-13)20-9-3-4-10-20/h12H,3-11H2,1-2H3,(H2,16,17,18). The summed E-state index contributed by atoms with van der Waals surface area (Å²) in [6, 6.07) is 0. The van der Waals surface area contributed by atoms with Crippen LogP contribution in [0.25, 0.3) is 0 Å². The maximum atomic E-state index is 5.03. The van der Waals surface area contributed by atoms with Gasteiger partial charge in [0.25, 0.3) is 0 Å². The number of anilines is 1. The summed E-state index contributed by atoms with van der Waals surface area (Å²) in [5, 5.41) is 9.94. The smallest absolute Gasteiger partial charge is 0.190 e. The van der Waals surface area contributed by atoms with Gasteiger partial charge in [0.15, 0.2) is 11.1 Å². The molecule has 1 aliphatic heterocycles. The van der Waals surface area contributed by atoms with Crippen molar-refractivity contribution in [2.45, 2.75) is 25.7 Å². The summed E-state index contributed by atoms with van der Waals surface area (Å²) < 4.78 is 5.03. The molecule has 0 radical (unpaired) electrons. The summed E-state index contributed by atoms with van der Waals surface area (Å²) >= 11 is 1.76. The molecule has 0 unspecified atom stereocenters. The number of guanidine groups is 1. The van der Waals surface area contributed by atoms with E-state index < -0.39 is 0 Å². The van der Waals surface area contributed by atoms with Crippen LogP contribution in [0.4, 0.5) is 5.13 Å². The Kier molecular flexibility index (Phi) is 7.45. The molecule has 0 aliphatic carbocycles. The molecule has 0 amide bonds. The molecule has 2 N–H and O–H groups in total. The number of ether oxygens (including phenoxy) is 1. The molecule has 2 rings (SSSR count). The molecule has 0 spiro atoms. The number of hydrogen-bond acceptors (Lipinski definition) is 5. The lowest BCUT2D eigenvalue weighted by molar-refractivity contribution is 0.195. The van der Waals surface area contributed by atoms with Crippen LogP contribution >= 0.6 is 11.3 Å². The van der Waals surface area contributed by atoms with E-state index in [9.17, 15) is 0 Å². The van der Waals surface area contributed by atoms with Gasteiger partial charge in [0.1, 0.15) is 0 Å². The van der Waals surface area contributed by atoms with Crippen LogP contribution in [0.2, 0.25) is 0 Å². The van der Waals surface area contributed by atoms with E-state index in [2.05, 4.69) is 25.9 Å². The van der Waals surface area contributed by atoms with E-state index in [4.69, 9.17) is 9.72 Å². The predicted octanol–water partition coefficient (Wildman–Crippen LogP) is 1.49. The highest BCUT2D eigenvalue weighted by atomic mass is 32.1. The molecule has 124 valence electrons. The first-order chi connectivity index (χ1) is 10.8. The minimum atomic E-state index is 0.766. The Labute approximate surface area is 137 Å². The number of aliphatic imine (C=N–C) groups is 1. The minimum absolute atomic E-state index is 0.766. The molecule has 1 fully saturated rings. The molecule has 1 aromatic heterocycles. The molecule has 0 bridgehead atoms. The first kappa shape index (κ1) is 17.0. The number of rotatable bonds is 8. The molecule has 2 heterocycles. The Morgan fingerprint density at radius 2 is 2.14 bits per heavy atom. The molecule has 0 saturated carbocycles. The monoisotopic (exact) mass is 325 g/mol. The van der Waals surface area contributed by atoms with Gasteiger partial charge in [-0.2, -0.15) is 0 Å². The van der Waals surface area contributed by atoms with Crippen LogP contribution < -0.4 is 15.5 Å². The van der Waals surface area contributed by atoms with Crippen molar-refractivity contribution in [3.8, 4) is 0 Å². The van der Waals surface area contributed by atoms with E-state index >= 15 is 0 Å². The Balaban J connectivity index is 1.66. The number of methoxy groups -OCH3 is 1. The van der Waals surface area contributed by atoms with Gasteiger partial charge in [-0.05, 0) is 19.3 Å². The fourth-order valence-electron chi connectivity index (χ4n) is 2.42. The largest absolute Gasteiger partial charge is 0.385 e. The third kappa shape index (κ3) is 5.46. The molecular weight excluding hydrogens is 298 g/mol. The zero-order chi connectivity index (χ0) is 15.6. The molecule has 1 saturated heterocycles. The lowest BCUT2D eigenvalue weighted by Gasteiger charge is -2.12. The van der Waals surface area contributed by atoms with Crippen LogP contribution in [-0.4, -0.2) is 57.9 Å². The fourth-order valence-corrected chi connectivity index (χ4v) is 3.33. The Bertz CT molecular complexity index is 457. The molecule has 6 nitrogen and oxygen atoms in total. The van der Waals surface area contributed by atoms with E-state index in [0.29, 0.717) is 0 Å². The molecule has 1 aliphatic rings. The lowest BCUT2D eigenvalue weighted by Crippen LogP contribution is -2.39. The van der Waals surface area contributed by atoms with E-state index in [-0.39, 0.29) is 0 Å². The summed E-state index contributed by atoms with van der Waals surface area (Å²) in [6.07, 6.45) is 4.48. The second-order valence-electron chi connectivity index (χ2n) is 5.34. The van der Waals surface area contributed by atoms with Crippen molar-refractivity contribution >= 4 is 22.4 Å². The highest BCUT2D eigenvalue weighted by Crippen LogP contribution is 2.24. The van der Waals surface area contributed by atoms with Gasteiger partial charge in [-0.15, -0.1) is 11.3 Å². The zero-order valence-electron chi connectivity index (χ0n) is 13.6. The van der Waals surface area contributed by atoms with Gasteiger partial charge < -0.3 is 20.3 Å². The minimum Gasteiger partial charge on any atom is -0.385 e. The fraction of sp³-hybridized carbons (Fsp3) is 0.733. The summed E-state index contributed by atoms with van der Waals surface area (Å²) in [7, 11) is 3.51. The average molecular weight is 325 g/mol. The van der Waals surface area contributed by atoms with Crippen molar-refractivity contribution in [3.05, 3.63) is 11.1 Å². The van der Waals surface area contributed by atoms with Crippen LogP contribution in [0.15, 0.2) is 10.4 Å². The van der Waals surface area contributed by atoms with E-state index in [1.54, 1.807) is 25.5 Å². The molecule has 1 aromatic rings. The maximum absolute atomic E-state index is 5.03. The van der Waals surface area contributed by atoms with Crippen LogP contribution in [0.3, 0.4) is 0 Å². The third-order valence-corrected chi connectivity index (χ3v) is 4.58. The molecule has 7 heteroatoms. The Morgan fingerprint density at radius 3 is 2.86 bits per heavy atom. The second kappa shape index (κ2) is 9.63. The first-order valence-electron chi connectivity index (χ1n) is 7.96. The maximum Gasteiger partial charge on any atom is 0.190 e. The Hall–Kier alpha value is -1.34. The van der Waals surface area contributed by atoms with Gasteiger partial charge in [0.05, 0.1) is 5.69 Å². The predicted molar refractivity (Wildman–Crippen MR) is 93.1 cm³/mol. The summed E-state index contributed by atoms with van der Waals surface area (Å²) in [6.45, 7) is 4.78. The number of aromatic nitrogens is 1. The van der Waals surface area contributed by atoms with E-state index in [1.807, 2.05) is 0 Å². The van der Waals surface area contributed by atoms with Gasteiger partial charge in [0, 0.05) is 58.7 Å². The SMILES string of the molecule is CN=C(NCCCOC)NCCc1csc(N2CCCC2)n1. The van der Waals surface area contributed by atoms with Crippen molar-refractivity contribution in [1.29, 1.82) is 0 Å². The molecular formula is C15H27N5OS. The van der Waals surface area contributed by atoms with Gasteiger partial charge in [0.2, 0.25) is 0 Å². The van der Waals surface area contributed by atoms with Crippen LogP contribution in [0.5, 0.6) is 0 Å². The highest BCUT2D eigenvalue weighted by Gasteiger charge is 2.15. The number of hydrogen-bond donors (Lipinski definition) is 2. The van der Waals surface area contributed by atoms with Crippen molar-refractivity contribution in [2.24, 2.45) is 4.99 Å². The van der Waals surface area contributed by atoms with Crippen LogP contribution in [0, 0.1) is 0 Å². The lowest BCUT2D eigenvalue weighted by atomic mass is 10.3. The van der Waals surface area contributed by atoms with Gasteiger partial charge >= 0.3 is 0 Å². The highest BCUT2D eigenvalue weighted by molar-refractivity contribution is 7.13. The number of nitrogens with zero attached hydrogens (tertiary/aromatic N) is 3. The summed E-state index contributed by atoms with van der Waals surface area (Å²) in [4.78, 5) is 11.3. The van der Waals surface area contributed by atoms with Crippen LogP contribution in [0.1, 0.15) is 25.0 Å². The zero-order valence-corrected chi connectivity index (χ0v) is 14.4. The van der Waals surface area contributed by atoms with Gasteiger partial charge in [-0.3, -0.25) is 4.99 Å².